The Morgan fingerprint density at radius 3 is 2.65 bits per heavy atom. The van der Waals surface area contributed by atoms with Gasteiger partial charge in [0.1, 0.15) is 5.82 Å². The average molecular weight is 238 g/mol. The molecule has 0 heterocycles. The van der Waals surface area contributed by atoms with Crippen LogP contribution < -0.4 is 5.73 Å². The summed E-state index contributed by atoms with van der Waals surface area (Å²) in [6.45, 7) is 5.98. The Kier molecular flexibility index (Phi) is 5.59. The normalized spacial score (nSPS) is 13.4. The lowest BCUT2D eigenvalue weighted by molar-refractivity contribution is 0.296. The second-order valence-corrected chi connectivity index (χ2v) is 5.06. The third-order valence-electron chi connectivity index (χ3n) is 3.04. The zero-order chi connectivity index (χ0) is 12.8. The number of nitrogens with two attached hydrogens (primary N) is 1. The Hall–Kier alpha value is -0.930. The molecule has 0 amide bonds. The molecule has 0 aliphatic carbocycles. The molecule has 0 saturated carbocycles. The summed E-state index contributed by atoms with van der Waals surface area (Å²) in [5.74, 6) is 0.340. The van der Waals surface area contributed by atoms with Gasteiger partial charge in [-0.1, -0.05) is 26.0 Å². The molecule has 1 unspecified atom stereocenters. The summed E-state index contributed by atoms with van der Waals surface area (Å²) >= 11 is 0. The molecule has 2 nitrogen and oxygen atoms in total. The van der Waals surface area contributed by atoms with Crippen molar-refractivity contribution in [1.29, 1.82) is 0 Å². The number of halogens is 1. The molecule has 0 bridgehead atoms. The van der Waals surface area contributed by atoms with Crippen LogP contribution in [0.1, 0.15) is 25.8 Å². The van der Waals surface area contributed by atoms with Crippen LogP contribution in [0.2, 0.25) is 0 Å². The average Bonchev–Trinajstić information content (AvgIpc) is 2.25. The molecule has 96 valence electrons. The summed E-state index contributed by atoms with van der Waals surface area (Å²) < 4.78 is 13.0. The van der Waals surface area contributed by atoms with E-state index < -0.39 is 0 Å². The monoisotopic (exact) mass is 238 g/mol. The van der Waals surface area contributed by atoms with Crippen molar-refractivity contribution in [3.63, 3.8) is 0 Å². The first-order chi connectivity index (χ1) is 7.99. The van der Waals surface area contributed by atoms with E-state index in [2.05, 4.69) is 18.7 Å². The SMILES string of the molecule is CC(C)C(N)CCN(C)Cc1cccc(F)c1. The van der Waals surface area contributed by atoms with Crippen LogP contribution in [0.15, 0.2) is 24.3 Å². The van der Waals surface area contributed by atoms with Crippen molar-refractivity contribution >= 4 is 0 Å². The zero-order valence-electron chi connectivity index (χ0n) is 11.0. The molecule has 1 aromatic rings. The van der Waals surface area contributed by atoms with E-state index in [1.807, 2.05) is 13.1 Å². The minimum Gasteiger partial charge on any atom is -0.327 e. The molecule has 1 rings (SSSR count). The Labute approximate surface area is 104 Å². The van der Waals surface area contributed by atoms with E-state index in [0.717, 1.165) is 25.1 Å². The second-order valence-electron chi connectivity index (χ2n) is 5.06. The lowest BCUT2D eigenvalue weighted by Gasteiger charge is -2.21. The van der Waals surface area contributed by atoms with E-state index in [-0.39, 0.29) is 11.9 Å². The highest BCUT2D eigenvalue weighted by atomic mass is 19.1. The first-order valence-corrected chi connectivity index (χ1v) is 6.17. The molecule has 1 atom stereocenters. The summed E-state index contributed by atoms with van der Waals surface area (Å²) in [6.07, 6.45) is 0.976. The maximum absolute atomic E-state index is 13.0. The van der Waals surface area contributed by atoms with E-state index in [4.69, 9.17) is 5.73 Å². The van der Waals surface area contributed by atoms with Crippen molar-refractivity contribution < 1.29 is 4.39 Å². The van der Waals surface area contributed by atoms with E-state index in [9.17, 15) is 4.39 Å². The molecule has 0 spiro atoms. The number of rotatable bonds is 6. The van der Waals surface area contributed by atoms with Crippen LogP contribution in [-0.2, 0) is 6.54 Å². The van der Waals surface area contributed by atoms with Crippen molar-refractivity contribution in [2.75, 3.05) is 13.6 Å². The molecular weight excluding hydrogens is 215 g/mol. The van der Waals surface area contributed by atoms with E-state index >= 15 is 0 Å². The van der Waals surface area contributed by atoms with Gasteiger partial charge in [0.25, 0.3) is 0 Å². The predicted octanol–water partition coefficient (Wildman–Crippen LogP) is 2.63. The molecular formula is C14H23FN2. The number of hydrogen-bond acceptors (Lipinski definition) is 2. The first kappa shape index (κ1) is 14.1. The lowest BCUT2D eigenvalue weighted by Crippen LogP contribution is -2.31. The molecule has 0 radical (unpaired) electrons. The van der Waals surface area contributed by atoms with Crippen molar-refractivity contribution in [3.05, 3.63) is 35.6 Å². The van der Waals surface area contributed by atoms with Crippen molar-refractivity contribution in [3.8, 4) is 0 Å². The Balaban J connectivity index is 2.37. The summed E-state index contributed by atoms with van der Waals surface area (Å²) in [4.78, 5) is 2.18. The third-order valence-corrected chi connectivity index (χ3v) is 3.04. The number of nitrogens with zero attached hydrogens (tertiary/aromatic N) is 1. The fourth-order valence-electron chi connectivity index (χ4n) is 1.73. The highest BCUT2D eigenvalue weighted by Crippen LogP contribution is 2.08. The molecule has 0 aliphatic heterocycles. The summed E-state index contributed by atoms with van der Waals surface area (Å²) in [6, 6.07) is 6.99. The molecule has 2 N–H and O–H groups in total. The molecule has 1 aromatic carbocycles. The number of benzene rings is 1. The van der Waals surface area contributed by atoms with E-state index in [1.54, 1.807) is 12.1 Å². The summed E-state index contributed by atoms with van der Waals surface area (Å²) in [5.41, 5.74) is 7.00. The van der Waals surface area contributed by atoms with Gasteiger partial charge in [-0.3, -0.25) is 0 Å². The van der Waals surface area contributed by atoms with Gasteiger partial charge >= 0.3 is 0 Å². The fourth-order valence-corrected chi connectivity index (χ4v) is 1.73. The highest BCUT2D eigenvalue weighted by Gasteiger charge is 2.09. The minimum atomic E-state index is -0.171. The third kappa shape index (κ3) is 5.29. The molecule has 0 saturated heterocycles. The van der Waals surface area contributed by atoms with Crippen LogP contribution in [0.25, 0.3) is 0 Å². The Bertz CT molecular complexity index is 339. The number of hydrogen-bond donors (Lipinski definition) is 1. The molecule has 0 aromatic heterocycles. The van der Waals surface area contributed by atoms with Gasteiger partial charge in [0, 0.05) is 12.6 Å². The van der Waals surface area contributed by atoms with Gasteiger partial charge < -0.3 is 10.6 Å². The maximum atomic E-state index is 13.0. The molecule has 3 heteroatoms. The largest absolute Gasteiger partial charge is 0.327 e. The highest BCUT2D eigenvalue weighted by molar-refractivity contribution is 5.15. The standard InChI is InChI=1S/C14H23FN2/c1-11(2)14(16)7-8-17(3)10-12-5-4-6-13(15)9-12/h4-6,9,11,14H,7-8,10,16H2,1-3H3. The van der Waals surface area contributed by atoms with Gasteiger partial charge in [0.15, 0.2) is 0 Å². The molecule has 0 fully saturated rings. The van der Waals surface area contributed by atoms with Gasteiger partial charge in [-0.15, -0.1) is 0 Å². The topological polar surface area (TPSA) is 29.3 Å². The Morgan fingerprint density at radius 2 is 2.06 bits per heavy atom. The molecule has 17 heavy (non-hydrogen) atoms. The second kappa shape index (κ2) is 6.72. The Morgan fingerprint density at radius 1 is 1.35 bits per heavy atom. The molecule has 0 aliphatic rings. The first-order valence-electron chi connectivity index (χ1n) is 6.17. The van der Waals surface area contributed by atoms with Crippen LogP contribution >= 0.6 is 0 Å². The quantitative estimate of drug-likeness (QED) is 0.825. The van der Waals surface area contributed by atoms with Crippen LogP contribution in [0.4, 0.5) is 4.39 Å². The van der Waals surface area contributed by atoms with Crippen LogP contribution in [-0.4, -0.2) is 24.5 Å². The zero-order valence-corrected chi connectivity index (χ0v) is 11.0. The van der Waals surface area contributed by atoms with Crippen LogP contribution in [0.5, 0.6) is 0 Å². The van der Waals surface area contributed by atoms with Gasteiger partial charge in [-0.25, -0.2) is 4.39 Å². The van der Waals surface area contributed by atoms with Crippen molar-refractivity contribution in [2.45, 2.75) is 32.9 Å². The predicted molar refractivity (Wildman–Crippen MR) is 70.2 cm³/mol. The van der Waals surface area contributed by atoms with Gasteiger partial charge in [-0.05, 0) is 43.6 Å². The lowest BCUT2D eigenvalue weighted by atomic mass is 10.0. The van der Waals surface area contributed by atoms with Gasteiger partial charge in [0.2, 0.25) is 0 Å². The fraction of sp³-hybridized carbons (Fsp3) is 0.571. The van der Waals surface area contributed by atoms with E-state index in [1.165, 1.54) is 6.07 Å². The van der Waals surface area contributed by atoms with Gasteiger partial charge in [-0.2, -0.15) is 0 Å². The van der Waals surface area contributed by atoms with Crippen LogP contribution in [0.3, 0.4) is 0 Å². The smallest absolute Gasteiger partial charge is 0.123 e. The maximum Gasteiger partial charge on any atom is 0.123 e. The van der Waals surface area contributed by atoms with Crippen molar-refractivity contribution in [2.24, 2.45) is 11.7 Å². The van der Waals surface area contributed by atoms with Crippen LogP contribution in [0, 0.1) is 11.7 Å². The van der Waals surface area contributed by atoms with Crippen molar-refractivity contribution in [1.82, 2.24) is 4.90 Å². The summed E-state index contributed by atoms with van der Waals surface area (Å²) in [5, 5.41) is 0. The van der Waals surface area contributed by atoms with E-state index in [0.29, 0.717) is 5.92 Å². The summed E-state index contributed by atoms with van der Waals surface area (Å²) in [7, 11) is 2.04. The van der Waals surface area contributed by atoms with Gasteiger partial charge in [0.05, 0.1) is 0 Å². The minimum absolute atomic E-state index is 0.171.